The molecule has 0 aliphatic carbocycles. The standard InChI is InChI=1S/C14H15ClN4OS2.ClH/c15-11-6-10(18-13(20)9-2-1-5-16-7-9)3-4-12(11)22-14-19-17-8-21-14;/h3-4,6,8-9,16H,1-2,5,7H2,(H,18,20);1H. The van der Waals surface area contributed by atoms with Crippen molar-refractivity contribution in [1.29, 1.82) is 0 Å². The molecule has 0 bridgehead atoms. The van der Waals surface area contributed by atoms with Gasteiger partial charge >= 0.3 is 0 Å². The largest absolute Gasteiger partial charge is 0.326 e. The van der Waals surface area contributed by atoms with Crippen LogP contribution < -0.4 is 10.6 Å². The van der Waals surface area contributed by atoms with E-state index in [-0.39, 0.29) is 24.2 Å². The Labute approximate surface area is 154 Å². The molecule has 9 heteroatoms. The van der Waals surface area contributed by atoms with Crippen molar-refractivity contribution < 1.29 is 4.79 Å². The van der Waals surface area contributed by atoms with E-state index in [9.17, 15) is 4.79 Å². The summed E-state index contributed by atoms with van der Waals surface area (Å²) in [6, 6.07) is 5.53. The fraction of sp³-hybridized carbons (Fsp3) is 0.357. The molecular formula is C14H16Cl2N4OS2. The molecule has 5 nitrogen and oxygen atoms in total. The van der Waals surface area contributed by atoms with Crippen LogP contribution >= 0.6 is 47.1 Å². The Morgan fingerprint density at radius 3 is 3.00 bits per heavy atom. The molecule has 1 atom stereocenters. The molecule has 1 aliphatic rings. The number of benzene rings is 1. The Morgan fingerprint density at radius 1 is 1.48 bits per heavy atom. The highest BCUT2D eigenvalue weighted by molar-refractivity contribution is 8.01. The maximum atomic E-state index is 12.2. The van der Waals surface area contributed by atoms with Crippen molar-refractivity contribution in [3.63, 3.8) is 0 Å². The van der Waals surface area contributed by atoms with Crippen LogP contribution in [0.4, 0.5) is 5.69 Å². The summed E-state index contributed by atoms with van der Waals surface area (Å²) in [5.74, 6) is 0.0794. The van der Waals surface area contributed by atoms with Gasteiger partial charge in [0.2, 0.25) is 5.91 Å². The first kappa shape index (κ1) is 18.5. The Bertz CT molecular complexity index is 648. The number of nitrogens with zero attached hydrogens (tertiary/aromatic N) is 2. The molecule has 3 rings (SSSR count). The van der Waals surface area contributed by atoms with Crippen molar-refractivity contribution in [3.05, 3.63) is 28.7 Å². The van der Waals surface area contributed by atoms with Crippen LogP contribution in [0.25, 0.3) is 0 Å². The molecule has 1 saturated heterocycles. The number of nitrogens with one attached hydrogen (secondary N) is 2. The molecule has 0 radical (unpaired) electrons. The number of amides is 1. The zero-order valence-electron chi connectivity index (χ0n) is 12.1. The average molecular weight is 391 g/mol. The summed E-state index contributed by atoms with van der Waals surface area (Å²) in [5, 5.41) is 14.6. The number of carbonyl (C=O) groups is 1. The monoisotopic (exact) mass is 390 g/mol. The molecule has 2 N–H and O–H groups in total. The lowest BCUT2D eigenvalue weighted by atomic mass is 9.99. The molecule has 0 spiro atoms. The first-order valence-corrected chi connectivity index (χ1v) is 9.05. The predicted molar refractivity (Wildman–Crippen MR) is 97.0 cm³/mol. The van der Waals surface area contributed by atoms with Crippen LogP contribution in [0.3, 0.4) is 0 Å². The van der Waals surface area contributed by atoms with Crippen molar-refractivity contribution in [2.45, 2.75) is 22.1 Å². The lowest BCUT2D eigenvalue weighted by Crippen LogP contribution is -2.37. The third kappa shape index (κ3) is 5.06. The molecule has 2 heterocycles. The summed E-state index contributed by atoms with van der Waals surface area (Å²) in [6.07, 6.45) is 1.97. The number of halogens is 2. The summed E-state index contributed by atoms with van der Waals surface area (Å²) in [5.41, 5.74) is 2.41. The Kier molecular flexibility index (Phi) is 7.10. The second-order valence-electron chi connectivity index (χ2n) is 4.98. The topological polar surface area (TPSA) is 66.9 Å². The van der Waals surface area contributed by atoms with Crippen LogP contribution in [-0.2, 0) is 4.79 Å². The van der Waals surface area contributed by atoms with E-state index in [4.69, 9.17) is 11.6 Å². The fourth-order valence-corrected chi connectivity index (χ4v) is 4.02. The molecule has 2 aromatic rings. The quantitative estimate of drug-likeness (QED) is 0.832. The summed E-state index contributed by atoms with van der Waals surface area (Å²) in [6.45, 7) is 1.73. The predicted octanol–water partition coefficient (Wildman–Crippen LogP) is 3.70. The highest BCUT2D eigenvalue weighted by Gasteiger charge is 2.21. The van der Waals surface area contributed by atoms with E-state index in [1.54, 1.807) is 11.6 Å². The van der Waals surface area contributed by atoms with Crippen LogP contribution in [0, 0.1) is 5.92 Å². The minimum atomic E-state index is 0. The number of aromatic nitrogens is 2. The van der Waals surface area contributed by atoms with Crippen LogP contribution in [0.15, 0.2) is 32.9 Å². The molecule has 23 heavy (non-hydrogen) atoms. The Morgan fingerprint density at radius 2 is 2.35 bits per heavy atom. The maximum absolute atomic E-state index is 12.2. The summed E-state index contributed by atoms with van der Waals surface area (Å²) in [7, 11) is 0. The van der Waals surface area contributed by atoms with Crippen LogP contribution in [0.5, 0.6) is 0 Å². The van der Waals surface area contributed by atoms with Gasteiger partial charge in [-0.25, -0.2) is 0 Å². The molecule has 1 fully saturated rings. The second kappa shape index (κ2) is 8.84. The Hall–Kier alpha value is -0.860. The first-order valence-electron chi connectivity index (χ1n) is 6.97. The van der Waals surface area contributed by atoms with Gasteiger partial charge in [-0.05, 0) is 37.6 Å². The SMILES string of the molecule is Cl.O=C(Nc1ccc(Sc2nncs2)c(Cl)c1)C1CCCNC1. The van der Waals surface area contributed by atoms with E-state index in [0.29, 0.717) is 5.02 Å². The van der Waals surface area contributed by atoms with E-state index >= 15 is 0 Å². The normalized spacial score (nSPS) is 17.3. The lowest BCUT2D eigenvalue weighted by molar-refractivity contribution is -0.120. The minimum Gasteiger partial charge on any atom is -0.326 e. The number of anilines is 1. The molecule has 124 valence electrons. The van der Waals surface area contributed by atoms with E-state index in [1.807, 2.05) is 12.1 Å². The van der Waals surface area contributed by atoms with Crippen molar-refractivity contribution in [2.24, 2.45) is 5.92 Å². The van der Waals surface area contributed by atoms with Crippen molar-refractivity contribution in [2.75, 3.05) is 18.4 Å². The van der Waals surface area contributed by atoms with Gasteiger partial charge < -0.3 is 10.6 Å². The van der Waals surface area contributed by atoms with Gasteiger partial charge in [0, 0.05) is 17.1 Å². The van der Waals surface area contributed by atoms with Gasteiger partial charge in [0.1, 0.15) is 5.51 Å². The third-order valence-electron chi connectivity index (χ3n) is 3.40. The summed E-state index contributed by atoms with van der Waals surface area (Å²) < 4.78 is 0.840. The summed E-state index contributed by atoms with van der Waals surface area (Å²) >= 11 is 9.22. The molecule has 1 aliphatic heterocycles. The van der Waals surface area contributed by atoms with Gasteiger partial charge in [0.25, 0.3) is 0 Å². The highest BCUT2D eigenvalue weighted by atomic mass is 35.5. The zero-order chi connectivity index (χ0) is 15.4. The van der Waals surface area contributed by atoms with E-state index in [0.717, 1.165) is 40.9 Å². The Balaban J connectivity index is 0.00000192. The maximum Gasteiger partial charge on any atom is 0.228 e. The van der Waals surface area contributed by atoms with Crippen molar-refractivity contribution >= 4 is 58.7 Å². The third-order valence-corrected chi connectivity index (χ3v) is 5.68. The van der Waals surface area contributed by atoms with Crippen LogP contribution in [0.2, 0.25) is 5.02 Å². The van der Waals surface area contributed by atoms with Crippen molar-refractivity contribution in [1.82, 2.24) is 15.5 Å². The van der Waals surface area contributed by atoms with Crippen molar-refractivity contribution in [3.8, 4) is 0 Å². The molecular weight excluding hydrogens is 375 g/mol. The number of piperidine rings is 1. The average Bonchev–Trinajstić information content (AvgIpc) is 3.04. The highest BCUT2D eigenvalue weighted by Crippen LogP contribution is 2.35. The second-order valence-corrected chi connectivity index (χ2v) is 7.51. The van der Waals surface area contributed by atoms with Gasteiger partial charge in [-0.15, -0.1) is 22.6 Å². The number of hydrogen-bond acceptors (Lipinski definition) is 6. The molecule has 1 unspecified atom stereocenters. The first-order chi connectivity index (χ1) is 10.7. The fourth-order valence-electron chi connectivity index (χ4n) is 2.28. The molecule has 1 aromatic heterocycles. The van der Waals surface area contributed by atoms with E-state index in [2.05, 4.69) is 20.8 Å². The summed E-state index contributed by atoms with van der Waals surface area (Å²) in [4.78, 5) is 13.1. The smallest absolute Gasteiger partial charge is 0.228 e. The van der Waals surface area contributed by atoms with Gasteiger partial charge in [-0.3, -0.25) is 4.79 Å². The lowest BCUT2D eigenvalue weighted by Gasteiger charge is -2.22. The van der Waals surface area contributed by atoms with Gasteiger partial charge in [-0.2, -0.15) is 0 Å². The number of rotatable bonds is 4. The number of hydrogen-bond donors (Lipinski definition) is 2. The van der Waals surface area contributed by atoms with Crippen LogP contribution in [0.1, 0.15) is 12.8 Å². The zero-order valence-corrected chi connectivity index (χ0v) is 15.3. The van der Waals surface area contributed by atoms with Gasteiger partial charge in [-0.1, -0.05) is 34.7 Å². The van der Waals surface area contributed by atoms with Gasteiger partial charge in [0.05, 0.1) is 10.9 Å². The van der Waals surface area contributed by atoms with E-state index in [1.165, 1.54) is 23.1 Å². The molecule has 1 aromatic carbocycles. The van der Waals surface area contributed by atoms with Gasteiger partial charge in [0.15, 0.2) is 4.34 Å². The molecule has 0 saturated carbocycles. The molecule has 1 amide bonds. The minimum absolute atomic E-state index is 0. The van der Waals surface area contributed by atoms with Crippen LogP contribution in [-0.4, -0.2) is 29.2 Å². The van der Waals surface area contributed by atoms with E-state index < -0.39 is 0 Å². The number of carbonyl (C=O) groups excluding carboxylic acids is 1.